The van der Waals surface area contributed by atoms with E-state index in [1.165, 1.54) is 16.4 Å². The maximum atomic E-state index is 12.6. The SMILES string of the molecule is CCOC(=O)[C@@H]1CCC[NH+](CC(=O)Nc2ccc(S(=O)(=O)N3CCCC3)cc2)C1. The zero-order valence-electron chi connectivity index (χ0n) is 16.9. The van der Waals surface area contributed by atoms with Crippen LogP contribution in [0, 0.1) is 5.92 Å². The first-order valence-electron chi connectivity index (χ1n) is 10.3. The normalized spacial score (nSPS) is 22.9. The molecule has 0 saturated carbocycles. The maximum Gasteiger partial charge on any atom is 0.314 e. The predicted molar refractivity (Wildman–Crippen MR) is 108 cm³/mol. The Kier molecular flexibility index (Phi) is 7.26. The number of hydrogen-bond donors (Lipinski definition) is 2. The number of benzene rings is 1. The molecule has 0 radical (unpaired) electrons. The number of sulfonamides is 1. The zero-order valence-corrected chi connectivity index (χ0v) is 17.7. The highest BCUT2D eigenvalue weighted by molar-refractivity contribution is 7.89. The van der Waals surface area contributed by atoms with Crippen LogP contribution in [-0.4, -0.2) is 63.9 Å². The molecule has 2 fully saturated rings. The Balaban J connectivity index is 1.53. The molecule has 1 aromatic carbocycles. The van der Waals surface area contributed by atoms with Gasteiger partial charge < -0.3 is 15.0 Å². The molecule has 8 nitrogen and oxygen atoms in total. The van der Waals surface area contributed by atoms with E-state index in [9.17, 15) is 18.0 Å². The molecule has 2 aliphatic rings. The standard InChI is InChI=1S/C20H29N3O5S/c1-2-28-20(25)16-6-5-11-22(14-16)15-19(24)21-17-7-9-18(10-8-17)29(26,27)23-12-3-4-13-23/h7-10,16H,2-6,11-15H2,1H3,(H,21,24)/p+1/t16-/m1/s1. The van der Waals surface area contributed by atoms with Crippen molar-refractivity contribution in [2.75, 3.05) is 44.6 Å². The van der Waals surface area contributed by atoms with Gasteiger partial charge >= 0.3 is 5.97 Å². The molecule has 1 aromatic rings. The summed E-state index contributed by atoms with van der Waals surface area (Å²) in [6.45, 7) is 4.99. The molecule has 2 heterocycles. The summed E-state index contributed by atoms with van der Waals surface area (Å²) in [4.78, 5) is 25.6. The minimum atomic E-state index is -3.45. The van der Waals surface area contributed by atoms with Gasteiger partial charge in [0.25, 0.3) is 5.91 Å². The van der Waals surface area contributed by atoms with Gasteiger partial charge in [-0.3, -0.25) is 9.59 Å². The second-order valence-electron chi connectivity index (χ2n) is 7.66. The Bertz CT molecular complexity index is 819. The van der Waals surface area contributed by atoms with Crippen LogP contribution in [0.4, 0.5) is 5.69 Å². The van der Waals surface area contributed by atoms with Crippen LogP contribution >= 0.6 is 0 Å². The molecular formula is C20H30N3O5S+. The van der Waals surface area contributed by atoms with Crippen LogP contribution < -0.4 is 10.2 Å². The minimum Gasteiger partial charge on any atom is -0.466 e. The van der Waals surface area contributed by atoms with E-state index in [1.807, 2.05) is 0 Å². The second kappa shape index (κ2) is 9.69. The fourth-order valence-electron chi connectivity index (χ4n) is 3.99. The number of esters is 1. The molecule has 9 heteroatoms. The van der Waals surface area contributed by atoms with Crippen molar-refractivity contribution in [1.82, 2.24) is 4.31 Å². The monoisotopic (exact) mass is 424 g/mol. The highest BCUT2D eigenvalue weighted by Crippen LogP contribution is 2.22. The number of carbonyl (C=O) groups is 2. The Hall–Kier alpha value is -1.97. The van der Waals surface area contributed by atoms with Crippen LogP contribution in [-0.2, 0) is 24.3 Å². The highest BCUT2D eigenvalue weighted by atomic mass is 32.2. The zero-order chi connectivity index (χ0) is 20.9. The summed E-state index contributed by atoms with van der Waals surface area (Å²) in [6.07, 6.45) is 3.47. The third-order valence-electron chi connectivity index (χ3n) is 5.49. The predicted octanol–water partition coefficient (Wildman–Crippen LogP) is 0.268. The van der Waals surface area contributed by atoms with Crippen molar-refractivity contribution in [3.63, 3.8) is 0 Å². The maximum absolute atomic E-state index is 12.6. The summed E-state index contributed by atoms with van der Waals surface area (Å²) in [5.74, 6) is -0.485. The van der Waals surface area contributed by atoms with Gasteiger partial charge in [0.15, 0.2) is 6.54 Å². The first-order chi connectivity index (χ1) is 13.9. The Morgan fingerprint density at radius 1 is 1.17 bits per heavy atom. The van der Waals surface area contributed by atoms with Crippen molar-refractivity contribution in [1.29, 1.82) is 0 Å². The van der Waals surface area contributed by atoms with Gasteiger partial charge in [-0.15, -0.1) is 0 Å². The molecular weight excluding hydrogens is 394 g/mol. The van der Waals surface area contributed by atoms with Crippen LogP contribution in [0.3, 0.4) is 0 Å². The Labute approximate surface area is 172 Å². The van der Waals surface area contributed by atoms with Crippen LogP contribution in [0.1, 0.15) is 32.6 Å². The van der Waals surface area contributed by atoms with Crippen molar-refractivity contribution in [3.05, 3.63) is 24.3 Å². The number of likely N-dealkylation sites (tertiary alicyclic amines) is 1. The number of carbonyl (C=O) groups excluding carboxylic acids is 2. The fourth-order valence-corrected chi connectivity index (χ4v) is 5.51. The number of ether oxygens (including phenoxy) is 1. The summed E-state index contributed by atoms with van der Waals surface area (Å²) in [5.41, 5.74) is 0.564. The second-order valence-corrected chi connectivity index (χ2v) is 9.59. The number of anilines is 1. The van der Waals surface area contributed by atoms with Crippen LogP contribution in [0.2, 0.25) is 0 Å². The number of nitrogens with zero attached hydrogens (tertiary/aromatic N) is 1. The molecule has 2 aliphatic heterocycles. The average Bonchev–Trinajstić information content (AvgIpc) is 3.24. The number of amides is 1. The number of nitrogens with one attached hydrogen (secondary N) is 2. The largest absolute Gasteiger partial charge is 0.466 e. The molecule has 2 N–H and O–H groups in total. The molecule has 0 aliphatic carbocycles. The van der Waals surface area contributed by atoms with Crippen molar-refractivity contribution in [2.45, 2.75) is 37.5 Å². The quantitative estimate of drug-likeness (QED) is 0.613. The van der Waals surface area contributed by atoms with Gasteiger partial charge in [-0.25, -0.2) is 8.42 Å². The summed E-state index contributed by atoms with van der Waals surface area (Å²) < 4.78 is 31.7. The summed E-state index contributed by atoms with van der Waals surface area (Å²) in [6, 6.07) is 6.31. The molecule has 0 bridgehead atoms. The van der Waals surface area contributed by atoms with Crippen molar-refractivity contribution in [3.8, 4) is 0 Å². The Morgan fingerprint density at radius 2 is 1.86 bits per heavy atom. The molecule has 2 atom stereocenters. The van der Waals surface area contributed by atoms with Gasteiger partial charge in [0.05, 0.1) is 24.6 Å². The molecule has 1 amide bonds. The average molecular weight is 425 g/mol. The lowest BCUT2D eigenvalue weighted by Gasteiger charge is -2.28. The number of quaternary nitrogens is 1. The topological polar surface area (TPSA) is 97.2 Å². The molecule has 160 valence electrons. The fraction of sp³-hybridized carbons (Fsp3) is 0.600. The lowest BCUT2D eigenvalue weighted by Crippen LogP contribution is -3.14. The van der Waals surface area contributed by atoms with Gasteiger partial charge in [0, 0.05) is 18.8 Å². The lowest BCUT2D eigenvalue weighted by molar-refractivity contribution is -0.899. The number of rotatable bonds is 7. The lowest BCUT2D eigenvalue weighted by atomic mass is 9.98. The highest BCUT2D eigenvalue weighted by Gasteiger charge is 2.31. The minimum absolute atomic E-state index is 0.151. The van der Waals surface area contributed by atoms with Gasteiger partial charge in [0.1, 0.15) is 5.92 Å². The Morgan fingerprint density at radius 3 is 2.52 bits per heavy atom. The first kappa shape index (κ1) is 21.7. The van der Waals surface area contributed by atoms with E-state index >= 15 is 0 Å². The van der Waals surface area contributed by atoms with E-state index in [4.69, 9.17) is 4.74 Å². The molecule has 1 unspecified atom stereocenters. The van der Waals surface area contributed by atoms with Crippen LogP contribution in [0.15, 0.2) is 29.2 Å². The summed E-state index contributed by atoms with van der Waals surface area (Å²) in [5, 5.41) is 2.82. The van der Waals surface area contributed by atoms with Gasteiger partial charge in [-0.05, 0) is 56.9 Å². The number of piperidine rings is 1. The molecule has 2 saturated heterocycles. The molecule has 0 aromatic heterocycles. The molecule has 0 spiro atoms. The smallest absolute Gasteiger partial charge is 0.314 e. The van der Waals surface area contributed by atoms with Gasteiger partial charge in [-0.2, -0.15) is 4.31 Å². The first-order valence-corrected chi connectivity index (χ1v) is 11.7. The summed E-state index contributed by atoms with van der Waals surface area (Å²) >= 11 is 0. The molecule has 3 rings (SSSR count). The van der Waals surface area contributed by atoms with Gasteiger partial charge in [0.2, 0.25) is 10.0 Å². The van der Waals surface area contributed by atoms with Crippen LogP contribution in [0.5, 0.6) is 0 Å². The van der Waals surface area contributed by atoms with E-state index in [0.717, 1.165) is 37.1 Å². The van der Waals surface area contributed by atoms with E-state index in [-0.39, 0.29) is 29.2 Å². The molecule has 29 heavy (non-hydrogen) atoms. The van der Waals surface area contributed by atoms with E-state index < -0.39 is 10.0 Å². The van der Waals surface area contributed by atoms with Crippen molar-refractivity contribution < 1.29 is 27.6 Å². The van der Waals surface area contributed by atoms with E-state index in [1.54, 1.807) is 19.1 Å². The van der Waals surface area contributed by atoms with E-state index in [2.05, 4.69) is 5.32 Å². The third-order valence-corrected chi connectivity index (χ3v) is 7.40. The van der Waals surface area contributed by atoms with Crippen LogP contribution in [0.25, 0.3) is 0 Å². The van der Waals surface area contributed by atoms with Crippen molar-refractivity contribution >= 4 is 27.6 Å². The third kappa shape index (κ3) is 5.55. The van der Waals surface area contributed by atoms with Crippen molar-refractivity contribution in [2.24, 2.45) is 5.92 Å². The number of hydrogen-bond acceptors (Lipinski definition) is 5. The van der Waals surface area contributed by atoms with Gasteiger partial charge in [-0.1, -0.05) is 0 Å². The van der Waals surface area contributed by atoms with E-state index in [0.29, 0.717) is 31.9 Å². The summed E-state index contributed by atoms with van der Waals surface area (Å²) in [7, 11) is -3.45.